The van der Waals surface area contributed by atoms with Gasteiger partial charge in [-0.15, -0.1) is 11.3 Å². The molecule has 2 aromatic heterocycles. The van der Waals surface area contributed by atoms with Gasteiger partial charge in [0.1, 0.15) is 11.5 Å². The van der Waals surface area contributed by atoms with Crippen LogP contribution in [-0.4, -0.2) is 9.97 Å². The van der Waals surface area contributed by atoms with Crippen molar-refractivity contribution in [2.24, 2.45) is 0 Å². The molecule has 0 unspecified atom stereocenters. The number of aromatic nitrogens is 2. The minimum atomic E-state index is -0.526. The molecule has 0 fully saturated rings. The molecule has 1 spiro atoms. The second-order valence-corrected chi connectivity index (χ2v) is 15.9. The molecule has 0 N–H and O–H groups in total. The van der Waals surface area contributed by atoms with Gasteiger partial charge in [0.25, 0.3) is 0 Å². The van der Waals surface area contributed by atoms with Crippen molar-refractivity contribution in [1.82, 2.24) is 9.97 Å². The van der Waals surface area contributed by atoms with Crippen LogP contribution < -0.4 is 4.74 Å². The van der Waals surface area contributed by atoms with Gasteiger partial charge in [-0.3, -0.25) is 0 Å². The molecular weight excluding hydrogens is 713 g/mol. The van der Waals surface area contributed by atoms with Gasteiger partial charge in [0.15, 0.2) is 5.82 Å². The number of benzene rings is 8. The van der Waals surface area contributed by atoms with Crippen molar-refractivity contribution in [3.05, 3.63) is 216 Å². The molecule has 0 bridgehead atoms. The molecular formula is C53H32N2OS. The number of hydrogen-bond donors (Lipinski definition) is 0. The van der Waals surface area contributed by atoms with Crippen molar-refractivity contribution in [1.29, 1.82) is 0 Å². The smallest absolute Gasteiger partial charge is 0.161 e. The molecule has 4 heteroatoms. The Morgan fingerprint density at radius 3 is 1.81 bits per heavy atom. The average Bonchev–Trinajstić information content (AvgIpc) is 3.80. The lowest BCUT2D eigenvalue weighted by atomic mass is 9.66. The highest BCUT2D eigenvalue weighted by Gasteiger charge is 2.51. The fraction of sp³-hybridized carbons (Fsp3) is 0.0189. The fourth-order valence-electron chi connectivity index (χ4n) is 9.33. The normalized spacial score (nSPS) is 13.2. The van der Waals surface area contributed by atoms with Crippen molar-refractivity contribution in [3.8, 4) is 67.5 Å². The second-order valence-electron chi connectivity index (χ2n) is 14.8. The topological polar surface area (TPSA) is 35.0 Å². The predicted molar refractivity (Wildman–Crippen MR) is 234 cm³/mol. The van der Waals surface area contributed by atoms with Crippen LogP contribution in [0.4, 0.5) is 0 Å². The van der Waals surface area contributed by atoms with Crippen LogP contribution in [0.5, 0.6) is 11.5 Å². The molecule has 1 aliphatic heterocycles. The van der Waals surface area contributed by atoms with E-state index in [0.29, 0.717) is 0 Å². The van der Waals surface area contributed by atoms with E-state index in [1.54, 1.807) is 11.3 Å². The molecule has 3 heterocycles. The molecule has 8 aromatic carbocycles. The van der Waals surface area contributed by atoms with Crippen LogP contribution in [0.3, 0.4) is 0 Å². The summed E-state index contributed by atoms with van der Waals surface area (Å²) in [7, 11) is 0. The van der Waals surface area contributed by atoms with Gasteiger partial charge in [0, 0.05) is 32.3 Å². The molecule has 2 aliphatic rings. The van der Waals surface area contributed by atoms with E-state index in [-0.39, 0.29) is 0 Å². The SMILES string of the molecule is c1ccc(-c2ccccc2-c2nc(-c3cccc(-c4ccc5c(c4)C4(c6ccccc6Oc6ccccc64)c4ccccc4-5)c3)c3sc4ccccc4c3n2)cc1. The second kappa shape index (κ2) is 12.4. The first kappa shape index (κ1) is 32.1. The fourth-order valence-corrected chi connectivity index (χ4v) is 10.5. The monoisotopic (exact) mass is 744 g/mol. The number of rotatable bonds is 4. The molecule has 0 saturated heterocycles. The molecule has 3 nitrogen and oxygen atoms in total. The van der Waals surface area contributed by atoms with Crippen LogP contribution in [0.1, 0.15) is 22.3 Å². The van der Waals surface area contributed by atoms with Crippen molar-refractivity contribution in [3.63, 3.8) is 0 Å². The maximum Gasteiger partial charge on any atom is 0.161 e. The van der Waals surface area contributed by atoms with Crippen molar-refractivity contribution < 1.29 is 4.74 Å². The Labute approximate surface area is 334 Å². The lowest BCUT2D eigenvalue weighted by molar-refractivity contribution is 0.436. The van der Waals surface area contributed by atoms with Crippen LogP contribution in [0.15, 0.2) is 194 Å². The number of ether oxygens (including phenoxy) is 1. The third kappa shape index (κ3) is 4.71. The summed E-state index contributed by atoms with van der Waals surface area (Å²) < 4.78 is 8.89. The summed E-state index contributed by atoms with van der Waals surface area (Å²) in [5.41, 5.74) is 15.4. The summed E-state index contributed by atoms with van der Waals surface area (Å²) in [6, 6.07) is 69.4. The highest BCUT2D eigenvalue weighted by molar-refractivity contribution is 7.26. The summed E-state index contributed by atoms with van der Waals surface area (Å²) in [4.78, 5) is 10.8. The first-order valence-corrected chi connectivity index (χ1v) is 20.1. The van der Waals surface area contributed by atoms with Crippen LogP contribution in [0, 0.1) is 0 Å². The van der Waals surface area contributed by atoms with E-state index in [4.69, 9.17) is 14.7 Å². The highest BCUT2D eigenvalue weighted by atomic mass is 32.1. The van der Waals surface area contributed by atoms with E-state index in [1.165, 1.54) is 27.0 Å². The van der Waals surface area contributed by atoms with Gasteiger partial charge < -0.3 is 4.74 Å². The Kier molecular flexibility index (Phi) is 7.01. The zero-order valence-corrected chi connectivity index (χ0v) is 31.5. The van der Waals surface area contributed by atoms with Crippen LogP contribution >= 0.6 is 11.3 Å². The average molecular weight is 745 g/mol. The molecule has 0 amide bonds. The quantitative estimate of drug-likeness (QED) is 0.180. The summed E-state index contributed by atoms with van der Waals surface area (Å²) >= 11 is 1.76. The summed E-state index contributed by atoms with van der Waals surface area (Å²) in [6.07, 6.45) is 0. The van der Waals surface area contributed by atoms with Gasteiger partial charge in [-0.05, 0) is 74.8 Å². The Balaban J connectivity index is 1.07. The lowest BCUT2D eigenvalue weighted by Gasteiger charge is -2.39. The Morgan fingerprint density at radius 2 is 1.00 bits per heavy atom. The summed E-state index contributed by atoms with van der Waals surface area (Å²) in [5, 5.41) is 1.15. The number of thiophene rings is 1. The molecule has 10 aromatic rings. The molecule has 266 valence electrons. The van der Waals surface area contributed by atoms with Gasteiger partial charge >= 0.3 is 0 Å². The van der Waals surface area contributed by atoms with Gasteiger partial charge in [0.2, 0.25) is 0 Å². The van der Waals surface area contributed by atoms with E-state index in [2.05, 4.69) is 194 Å². The number of nitrogens with zero attached hydrogens (tertiary/aromatic N) is 2. The van der Waals surface area contributed by atoms with Crippen LogP contribution in [0.2, 0.25) is 0 Å². The van der Waals surface area contributed by atoms with Gasteiger partial charge in [-0.1, -0.05) is 164 Å². The first-order valence-electron chi connectivity index (χ1n) is 19.3. The van der Waals surface area contributed by atoms with E-state index >= 15 is 0 Å². The molecule has 1 aliphatic carbocycles. The molecule has 0 saturated carbocycles. The largest absolute Gasteiger partial charge is 0.457 e. The Hall–Kier alpha value is -7.14. The summed E-state index contributed by atoms with van der Waals surface area (Å²) in [5.74, 6) is 2.51. The van der Waals surface area contributed by atoms with Gasteiger partial charge in [0.05, 0.1) is 21.3 Å². The van der Waals surface area contributed by atoms with Crippen LogP contribution in [0.25, 0.3) is 76.3 Å². The minimum absolute atomic E-state index is 0.526. The lowest BCUT2D eigenvalue weighted by Crippen LogP contribution is -2.32. The van der Waals surface area contributed by atoms with E-state index in [0.717, 1.165) is 83.1 Å². The van der Waals surface area contributed by atoms with Gasteiger partial charge in [-0.2, -0.15) is 0 Å². The molecule has 12 rings (SSSR count). The minimum Gasteiger partial charge on any atom is -0.457 e. The number of para-hydroxylation sites is 2. The third-order valence-electron chi connectivity index (χ3n) is 11.8. The number of hydrogen-bond acceptors (Lipinski definition) is 4. The van der Waals surface area contributed by atoms with E-state index in [9.17, 15) is 0 Å². The predicted octanol–water partition coefficient (Wildman–Crippen LogP) is 14.0. The van der Waals surface area contributed by atoms with Crippen molar-refractivity contribution >= 4 is 31.6 Å². The highest BCUT2D eigenvalue weighted by Crippen LogP contribution is 2.62. The first-order chi connectivity index (χ1) is 28.3. The van der Waals surface area contributed by atoms with Crippen LogP contribution in [-0.2, 0) is 5.41 Å². The van der Waals surface area contributed by atoms with E-state index in [1.807, 2.05) is 0 Å². The van der Waals surface area contributed by atoms with Crippen molar-refractivity contribution in [2.75, 3.05) is 0 Å². The van der Waals surface area contributed by atoms with Gasteiger partial charge in [-0.25, -0.2) is 9.97 Å². The van der Waals surface area contributed by atoms with Crippen molar-refractivity contribution in [2.45, 2.75) is 5.41 Å². The molecule has 0 atom stereocenters. The maximum atomic E-state index is 6.59. The molecule has 0 radical (unpaired) electrons. The van der Waals surface area contributed by atoms with E-state index < -0.39 is 5.41 Å². The Morgan fingerprint density at radius 1 is 0.404 bits per heavy atom. The maximum absolute atomic E-state index is 6.59. The summed E-state index contributed by atoms with van der Waals surface area (Å²) in [6.45, 7) is 0. The standard InChI is InChI=1S/C53H32N2OS/c1-2-15-33(16-3-1)37-19-4-5-21-40(37)52-54-49(51-50(55-52)41-22-7-13-28-48(41)57-51)36-18-14-17-34(31-36)35-29-30-39-38-20-6-8-23-42(38)53(45(39)32-35)43-24-9-11-26-46(43)56-47-27-12-10-25-44(47)53/h1-32H. The zero-order valence-electron chi connectivity index (χ0n) is 30.7. The Bertz CT molecular complexity index is 3190. The number of fused-ring (bicyclic) bond motifs is 12. The third-order valence-corrected chi connectivity index (χ3v) is 13.0. The molecule has 57 heavy (non-hydrogen) atoms. The zero-order chi connectivity index (χ0) is 37.5.